The first-order valence-corrected chi connectivity index (χ1v) is 8.09. The minimum absolute atomic E-state index is 0.111. The number of rotatable bonds is 6. The fraction of sp³-hybridized carbons (Fsp3) is 0.263. The summed E-state index contributed by atoms with van der Waals surface area (Å²) in [5.74, 6) is 0.621. The van der Waals surface area contributed by atoms with E-state index in [9.17, 15) is 4.79 Å². The summed E-state index contributed by atoms with van der Waals surface area (Å²) < 4.78 is 7.18. The number of carbonyl (C=O) groups excluding carboxylic acids is 1. The van der Waals surface area contributed by atoms with Crippen LogP contribution in [-0.4, -0.2) is 15.7 Å². The van der Waals surface area contributed by atoms with E-state index in [4.69, 9.17) is 4.42 Å². The molecule has 3 rings (SSSR count). The summed E-state index contributed by atoms with van der Waals surface area (Å²) in [4.78, 5) is 12.6. The van der Waals surface area contributed by atoms with Crippen molar-refractivity contribution in [1.29, 1.82) is 0 Å². The minimum Gasteiger partial charge on any atom is -0.467 e. The molecule has 1 N–H and O–H groups in total. The topological polar surface area (TPSA) is 60.1 Å². The Balaban J connectivity index is 1.81. The van der Waals surface area contributed by atoms with Gasteiger partial charge in [0.25, 0.3) is 5.91 Å². The molecule has 3 aromatic rings. The SMILES string of the molecule is CCc1c(C(=O)NCc2ccco2)c(C)nn1Cc1ccccc1. The Kier molecular flexibility index (Phi) is 4.79. The number of hydrogen-bond donors (Lipinski definition) is 1. The predicted octanol–water partition coefficient (Wildman–Crippen LogP) is 3.33. The molecule has 2 heterocycles. The average molecular weight is 323 g/mol. The van der Waals surface area contributed by atoms with Crippen LogP contribution in [0.4, 0.5) is 0 Å². The number of nitrogens with one attached hydrogen (secondary N) is 1. The zero-order chi connectivity index (χ0) is 16.9. The number of hydrogen-bond acceptors (Lipinski definition) is 3. The van der Waals surface area contributed by atoms with Gasteiger partial charge < -0.3 is 9.73 Å². The van der Waals surface area contributed by atoms with E-state index in [1.807, 2.05) is 48.9 Å². The first kappa shape index (κ1) is 16.1. The van der Waals surface area contributed by atoms with Gasteiger partial charge in [-0.05, 0) is 31.0 Å². The fourth-order valence-electron chi connectivity index (χ4n) is 2.84. The predicted molar refractivity (Wildman–Crippen MR) is 91.8 cm³/mol. The fourth-order valence-corrected chi connectivity index (χ4v) is 2.84. The summed E-state index contributed by atoms with van der Waals surface area (Å²) >= 11 is 0. The lowest BCUT2D eigenvalue weighted by atomic mass is 10.1. The summed E-state index contributed by atoms with van der Waals surface area (Å²) in [6, 6.07) is 13.8. The van der Waals surface area contributed by atoms with Gasteiger partial charge >= 0.3 is 0 Å². The van der Waals surface area contributed by atoms with Crippen molar-refractivity contribution < 1.29 is 9.21 Å². The zero-order valence-electron chi connectivity index (χ0n) is 14.0. The van der Waals surface area contributed by atoms with Crippen LogP contribution in [0.25, 0.3) is 0 Å². The van der Waals surface area contributed by atoms with Crippen molar-refractivity contribution >= 4 is 5.91 Å². The molecule has 124 valence electrons. The molecule has 1 amide bonds. The van der Waals surface area contributed by atoms with Crippen LogP contribution in [0.1, 0.15) is 40.0 Å². The lowest BCUT2D eigenvalue weighted by Crippen LogP contribution is -2.24. The normalized spacial score (nSPS) is 10.8. The highest BCUT2D eigenvalue weighted by atomic mass is 16.3. The second-order valence-electron chi connectivity index (χ2n) is 5.67. The Bertz CT molecular complexity index is 805. The molecule has 0 saturated carbocycles. The minimum atomic E-state index is -0.111. The average Bonchev–Trinajstić information content (AvgIpc) is 3.21. The molecule has 0 aliphatic carbocycles. The molecule has 1 aromatic carbocycles. The Hall–Kier alpha value is -2.82. The van der Waals surface area contributed by atoms with Gasteiger partial charge in [0.2, 0.25) is 0 Å². The third kappa shape index (κ3) is 3.40. The number of benzene rings is 1. The van der Waals surface area contributed by atoms with Gasteiger partial charge in [-0.3, -0.25) is 9.48 Å². The molecular weight excluding hydrogens is 302 g/mol. The van der Waals surface area contributed by atoms with E-state index in [0.29, 0.717) is 18.7 Å². The zero-order valence-corrected chi connectivity index (χ0v) is 14.0. The first-order chi connectivity index (χ1) is 11.7. The molecule has 24 heavy (non-hydrogen) atoms. The van der Waals surface area contributed by atoms with Crippen molar-refractivity contribution in [2.75, 3.05) is 0 Å². The van der Waals surface area contributed by atoms with Crippen LogP contribution in [0.3, 0.4) is 0 Å². The molecular formula is C19H21N3O2. The molecule has 0 aliphatic heterocycles. The monoisotopic (exact) mass is 323 g/mol. The number of aromatic nitrogens is 2. The van der Waals surface area contributed by atoms with Crippen molar-refractivity contribution in [3.05, 3.63) is 77.0 Å². The van der Waals surface area contributed by atoms with E-state index < -0.39 is 0 Å². The van der Waals surface area contributed by atoms with Crippen molar-refractivity contribution in [1.82, 2.24) is 15.1 Å². The van der Waals surface area contributed by atoms with Crippen LogP contribution >= 0.6 is 0 Å². The smallest absolute Gasteiger partial charge is 0.255 e. The van der Waals surface area contributed by atoms with E-state index in [-0.39, 0.29) is 5.91 Å². The van der Waals surface area contributed by atoms with E-state index in [0.717, 1.165) is 29.1 Å². The van der Waals surface area contributed by atoms with Gasteiger partial charge in [0.15, 0.2) is 0 Å². The van der Waals surface area contributed by atoms with E-state index >= 15 is 0 Å². The van der Waals surface area contributed by atoms with Gasteiger partial charge in [-0.25, -0.2) is 0 Å². The van der Waals surface area contributed by atoms with Gasteiger partial charge in [0.05, 0.1) is 36.3 Å². The Labute approximate surface area is 141 Å². The molecule has 0 atom stereocenters. The third-order valence-electron chi connectivity index (χ3n) is 3.97. The maximum Gasteiger partial charge on any atom is 0.255 e. The maximum absolute atomic E-state index is 12.6. The standard InChI is InChI=1S/C19H21N3O2/c1-3-17-18(19(23)20-12-16-10-7-11-24-16)14(2)21-22(17)13-15-8-5-4-6-9-15/h4-11H,3,12-13H2,1-2H3,(H,20,23). The van der Waals surface area contributed by atoms with Gasteiger partial charge in [0.1, 0.15) is 5.76 Å². The van der Waals surface area contributed by atoms with Crippen LogP contribution in [0.15, 0.2) is 53.1 Å². The molecule has 0 radical (unpaired) electrons. The number of amides is 1. The van der Waals surface area contributed by atoms with Gasteiger partial charge in [0, 0.05) is 0 Å². The van der Waals surface area contributed by atoms with Gasteiger partial charge in [-0.15, -0.1) is 0 Å². The largest absolute Gasteiger partial charge is 0.467 e. The van der Waals surface area contributed by atoms with Gasteiger partial charge in [-0.1, -0.05) is 37.3 Å². The molecule has 5 heteroatoms. The number of nitrogens with zero attached hydrogens (tertiary/aromatic N) is 2. The second kappa shape index (κ2) is 7.17. The lowest BCUT2D eigenvalue weighted by molar-refractivity contribution is 0.0946. The highest BCUT2D eigenvalue weighted by Gasteiger charge is 2.20. The van der Waals surface area contributed by atoms with Crippen LogP contribution in [0.2, 0.25) is 0 Å². The Morgan fingerprint density at radius 1 is 1.21 bits per heavy atom. The van der Waals surface area contributed by atoms with Crippen LogP contribution in [0, 0.1) is 6.92 Å². The molecule has 0 aliphatic rings. The number of carbonyl (C=O) groups is 1. The van der Waals surface area contributed by atoms with Crippen LogP contribution in [0.5, 0.6) is 0 Å². The third-order valence-corrected chi connectivity index (χ3v) is 3.97. The Morgan fingerprint density at radius 2 is 2.00 bits per heavy atom. The molecule has 0 spiro atoms. The summed E-state index contributed by atoms with van der Waals surface area (Å²) in [5, 5.41) is 7.48. The van der Waals surface area contributed by atoms with E-state index in [1.165, 1.54) is 0 Å². The maximum atomic E-state index is 12.6. The summed E-state index contributed by atoms with van der Waals surface area (Å²) in [6.45, 7) is 4.96. The molecule has 5 nitrogen and oxygen atoms in total. The first-order valence-electron chi connectivity index (χ1n) is 8.09. The summed E-state index contributed by atoms with van der Waals surface area (Å²) in [5.41, 5.74) is 3.53. The summed E-state index contributed by atoms with van der Waals surface area (Å²) in [7, 11) is 0. The lowest BCUT2D eigenvalue weighted by Gasteiger charge is -2.08. The van der Waals surface area contributed by atoms with Gasteiger partial charge in [-0.2, -0.15) is 5.10 Å². The van der Waals surface area contributed by atoms with Crippen LogP contribution in [-0.2, 0) is 19.5 Å². The number of furan rings is 1. The van der Waals surface area contributed by atoms with E-state index in [2.05, 4.69) is 22.5 Å². The quantitative estimate of drug-likeness (QED) is 0.757. The molecule has 0 fully saturated rings. The number of aryl methyl sites for hydroxylation is 1. The molecule has 0 bridgehead atoms. The van der Waals surface area contributed by atoms with E-state index in [1.54, 1.807) is 6.26 Å². The molecule has 2 aromatic heterocycles. The molecule has 0 unspecified atom stereocenters. The van der Waals surface area contributed by atoms with Crippen molar-refractivity contribution in [3.8, 4) is 0 Å². The van der Waals surface area contributed by atoms with Crippen molar-refractivity contribution in [3.63, 3.8) is 0 Å². The second-order valence-corrected chi connectivity index (χ2v) is 5.67. The highest BCUT2D eigenvalue weighted by Crippen LogP contribution is 2.17. The van der Waals surface area contributed by atoms with Crippen molar-refractivity contribution in [2.24, 2.45) is 0 Å². The Morgan fingerprint density at radius 3 is 2.67 bits per heavy atom. The van der Waals surface area contributed by atoms with Crippen molar-refractivity contribution in [2.45, 2.75) is 33.4 Å². The highest BCUT2D eigenvalue weighted by molar-refractivity contribution is 5.96. The summed E-state index contributed by atoms with van der Waals surface area (Å²) in [6.07, 6.45) is 2.35. The van der Waals surface area contributed by atoms with Crippen LogP contribution < -0.4 is 5.32 Å². The molecule has 0 saturated heterocycles.